The number of hydrogen-bond acceptors (Lipinski definition) is 4. The smallest absolute Gasteiger partial charge is 0.251 e. The Bertz CT molecular complexity index is 971. The summed E-state index contributed by atoms with van der Waals surface area (Å²) in [5.74, 6) is -0.223. The van der Waals surface area contributed by atoms with Crippen molar-refractivity contribution in [3.05, 3.63) is 65.2 Å². The van der Waals surface area contributed by atoms with Crippen molar-refractivity contribution in [2.75, 3.05) is 33.2 Å². The van der Waals surface area contributed by atoms with Crippen molar-refractivity contribution < 1.29 is 13.2 Å². The second-order valence-corrected chi connectivity index (χ2v) is 10.2. The lowest BCUT2D eigenvalue weighted by Crippen LogP contribution is -2.35. The van der Waals surface area contributed by atoms with Gasteiger partial charge in [-0.1, -0.05) is 42.8 Å². The molecular formula is C24H33N3O3S. The van der Waals surface area contributed by atoms with Gasteiger partial charge < -0.3 is 10.2 Å². The van der Waals surface area contributed by atoms with Crippen LogP contribution in [0.4, 0.5) is 0 Å². The Balaban J connectivity index is 1.54. The highest BCUT2D eigenvalue weighted by Crippen LogP contribution is 2.22. The maximum atomic E-state index is 12.9. The topological polar surface area (TPSA) is 69.7 Å². The van der Waals surface area contributed by atoms with Crippen LogP contribution in [0.1, 0.15) is 47.2 Å². The molecule has 168 valence electrons. The third-order valence-electron chi connectivity index (χ3n) is 5.70. The van der Waals surface area contributed by atoms with Crippen LogP contribution >= 0.6 is 0 Å². The molecule has 0 atom stereocenters. The summed E-state index contributed by atoms with van der Waals surface area (Å²) in [6.07, 6.45) is 3.66. The van der Waals surface area contributed by atoms with E-state index < -0.39 is 10.0 Å². The first-order valence-electron chi connectivity index (χ1n) is 11.0. The van der Waals surface area contributed by atoms with Gasteiger partial charge in [0.05, 0.1) is 4.90 Å². The zero-order chi connectivity index (χ0) is 22.3. The summed E-state index contributed by atoms with van der Waals surface area (Å²) < 4.78 is 27.4. The number of sulfonamides is 1. The summed E-state index contributed by atoms with van der Waals surface area (Å²) in [5, 5.41) is 2.94. The number of nitrogens with zero attached hydrogens (tertiary/aromatic N) is 2. The summed E-state index contributed by atoms with van der Waals surface area (Å²) in [7, 11) is -1.49. The van der Waals surface area contributed by atoms with Crippen LogP contribution in [0.2, 0.25) is 0 Å². The number of benzene rings is 2. The summed E-state index contributed by atoms with van der Waals surface area (Å²) in [6.45, 7) is 5.20. The van der Waals surface area contributed by atoms with E-state index in [0.29, 0.717) is 25.2 Å². The summed E-state index contributed by atoms with van der Waals surface area (Å²) >= 11 is 0. The highest BCUT2D eigenvalue weighted by Gasteiger charge is 2.27. The normalized spacial score (nSPS) is 15.2. The Morgan fingerprint density at radius 2 is 1.77 bits per heavy atom. The second kappa shape index (κ2) is 10.9. The molecule has 6 nitrogen and oxygen atoms in total. The van der Waals surface area contributed by atoms with Gasteiger partial charge in [-0.25, -0.2) is 8.42 Å². The molecule has 1 saturated heterocycles. The molecule has 2 aromatic rings. The number of carbonyl (C=O) groups excluding carboxylic acids is 1. The fourth-order valence-corrected chi connectivity index (χ4v) is 5.42. The minimum atomic E-state index is -3.55. The molecule has 0 unspecified atom stereocenters. The number of aryl methyl sites for hydroxylation is 1. The van der Waals surface area contributed by atoms with Crippen molar-refractivity contribution >= 4 is 15.9 Å². The molecule has 2 aromatic carbocycles. The second-order valence-electron chi connectivity index (χ2n) is 8.27. The lowest BCUT2D eigenvalue weighted by atomic mass is 10.1. The zero-order valence-electron chi connectivity index (χ0n) is 18.5. The third-order valence-corrected chi connectivity index (χ3v) is 7.60. The molecule has 0 spiro atoms. The largest absolute Gasteiger partial charge is 0.352 e. The lowest BCUT2D eigenvalue weighted by molar-refractivity contribution is 0.0951. The fraction of sp³-hybridized carbons (Fsp3) is 0.458. The SMILES string of the molecule is Cc1ccc(S(=O)(=O)N2CCCCC2)cc1C(=O)NCCCN(C)Cc1ccccc1. The van der Waals surface area contributed by atoms with Crippen LogP contribution in [0.25, 0.3) is 0 Å². The van der Waals surface area contributed by atoms with Gasteiger partial charge in [-0.15, -0.1) is 0 Å². The van der Waals surface area contributed by atoms with Gasteiger partial charge in [-0.3, -0.25) is 4.79 Å². The maximum absolute atomic E-state index is 12.9. The van der Waals surface area contributed by atoms with E-state index in [0.717, 1.165) is 44.3 Å². The van der Waals surface area contributed by atoms with E-state index in [4.69, 9.17) is 0 Å². The molecule has 0 saturated carbocycles. The molecular weight excluding hydrogens is 410 g/mol. The molecule has 0 aliphatic carbocycles. The van der Waals surface area contributed by atoms with Crippen LogP contribution < -0.4 is 5.32 Å². The molecule has 1 N–H and O–H groups in total. The van der Waals surface area contributed by atoms with Crippen molar-refractivity contribution in [3.63, 3.8) is 0 Å². The van der Waals surface area contributed by atoms with Gasteiger partial charge in [0.1, 0.15) is 0 Å². The number of rotatable bonds is 9. The van der Waals surface area contributed by atoms with Crippen molar-refractivity contribution in [2.45, 2.75) is 44.0 Å². The van der Waals surface area contributed by atoms with Gasteiger partial charge >= 0.3 is 0 Å². The Kier molecular flexibility index (Phi) is 8.23. The number of amides is 1. The molecule has 7 heteroatoms. The van der Waals surface area contributed by atoms with E-state index in [1.54, 1.807) is 12.1 Å². The van der Waals surface area contributed by atoms with Crippen LogP contribution in [-0.2, 0) is 16.6 Å². The summed E-state index contributed by atoms with van der Waals surface area (Å²) in [6, 6.07) is 15.1. The standard InChI is InChI=1S/C24H33N3O3S/c1-20-12-13-22(31(29,30)27-16-7-4-8-17-27)18-23(20)24(28)25-14-9-15-26(2)19-21-10-5-3-6-11-21/h3,5-6,10-13,18H,4,7-9,14-17,19H2,1-2H3,(H,25,28). The molecule has 0 radical (unpaired) electrons. The first kappa shape index (κ1) is 23.4. The van der Waals surface area contributed by atoms with Crippen LogP contribution in [-0.4, -0.2) is 56.8 Å². The van der Waals surface area contributed by atoms with Crippen molar-refractivity contribution in [2.24, 2.45) is 0 Å². The highest BCUT2D eigenvalue weighted by atomic mass is 32.2. The fourth-order valence-electron chi connectivity index (χ4n) is 3.88. The first-order chi connectivity index (χ1) is 14.9. The lowest BCUT2D eigenvalue weighted by Gasteiger charge is -2.26. The Morgan fingerprint density at radius 3 is 2.48 bits per heavy atom. The van der Waals surface area contributed by atoms with Gasteiger partial charge in [0.25, 0.3) is 5.91 Å². The van der Waals surface area contributed by atoms with Gasteiger partial charge in [-0.05, 0) is 63.0 Å². The van der Waals surface area contributed by atoms with E-state index in [1.165, 1.54) is 15.9 Å². The highest BCUT2D eigenvalue weighted by molar-refractivity contribution is 7.89. The Hall–Kier alpha value is -2.22. The van der Waals surface area contributed by atoms with Gasteiger partial charge in [0.15, 0.2) is 0 Å². The van der Waals surface area contributed by atoms with Crippen LogP contribution in [0.3, 0.4) is 0 Å². The van der Waals surface area contributed by atoms with E-state index in [-0.39, 0.29) is 10.8 Å². The minimum Gasteiger partial charge on any atom is -0.352 e. The zero-order valence-corrected chi connectivity index (χ0v) is 19.3. The van der Waals surface area contributed by atoms with E-state index in [1.807, 2.05) is 25.1 Å². The molecule has 1 amide bonds. The molecule has 31 heavy (non-hydrogen) atoms. The Morgan fingerprint density at radius 1 is 1.06 bits per heavy atom. The maximum Gasteiger partial charge on any atom is 0.251 e. The molecule has 1 fully saturated rings. The van der Waals surface area contributed by atoms with Crippen molar-refractivity contribution in [1.82, 2.24) is 14.5 Å². The number of nitrogens with one attached hydrogen (secondary N) is 1. The van der Waals surface area contributed by atoms with Gasteiger partial charge in [-0.2, -0.15) is 4.31 Å². The number of piperidine rings is 1. The predicted octanol–water partition coefficient (Wildman–Crippen LogP) is 3.42. The van der Waals surface area contributed by atoms with E-state index >= 15 is 0 Å². The molecule has 1 heterocycles. The quantitative estimate of drug-likeness (QED) is 0.603. The van der Waals surface area contributed by atoms with Crippen LogP contribution in [0, 0.1) is 6.92 Å². The molecule has 0 bridgehead atoms. The first-order valence-corrected chi connectivity index (χ1v) is 12.4. The average Bonchev–Trinajstić information content (AvgIpc) is 2.78. The van der Waals surface area contributed by atoms with E-state index in [9.17, 15) is 13.2 Å². The van der Waals surface area contributed by atoms with Gasteiger partial charge in [0.2, 0.25) is 10.0 Å². The Labute approximate surface area is 186 Å². The molecule has 1 aliphatic rings. The third kappa shape index (κ3) is 6.38. The van der Waals surface area contributed by atoms with Crippen molar-refractivity contribution in [1.29, 1.82) is 0 Å². The van der Waals surface area contributed by atoms with Gasteiger partial charge in [0, 0.05) is 31.7 Å². The van der Waals surface area contributed by atoms with Crippen molar-refractivity contribution in [3.8, 4) is 0 Å². The van der Waals surface area contributed by atoms with E-state index in [2.05, 4.69) is 29.4 Å². The monoisotopic (exact) mass is 443 g/mol. The molecule has 3 rings (SSSR count). The molecule has 0 aromatic heterocycles. The summed E-state index contributed by atoms with van der Waals surface area (Å²) in [5.41, 5.74) is 2.46. The minimum absolute atomic E-state index is 0.202. The average molecular weight is 444 g/mol. The number of hydrogen-bond donors (Lipinski definition) is 1. The molecule has 1 aliphatic heterocycles. The van der Waals surface area contributed by atoms with Crippen LogP contribution in [0.15, 0.2) is 53.4 Å². The summed E-state index contributed by atoms with van der Waals surface area (Å²) in [4.78, 5) is 15.1. The number of carbonyl (C=O) groups is 1. The van der Waals surface area contributed by atoms with Crippen LogP contribution in [0.5, 0.6) is 0 Å². The predicted molar refractivity (Wildman–Crippen MR) is 124 cm³/mol.